The van der Waals surface area contributed by atoms with Crippen LogP contribution in [0.15, 0.2) is 24.3 Å². The third-order valence-electron chi connectivity index (χ3n) is 4.82. The topological polar surface area (TPSA) is 61.3 Å². The van der Waals surface area contributed by atoms with Gasteiger partial charge in [0.2, 0.25) is 0 Å². The third-order valence-corrected chi connectivity index (χ3v) is 4.82. The second kappa shape index (κ2) is 8.29. The molecule has 2 heterocycles. The third kappa shape index (κ3) is 5.53. The summed E-state index contributed by atoms with van der Waals surface area (Å²) < 4.78 is 76.4. The highest BCUT2D eigenvalue weighted by molar-refractivity contribution is 5.71. The maximum Gasteiger partial charge on any atom is 0.416 e. The van der Waals surface area contributed by atoms with E-state index in [1.54, 1.807) is 0 Å². The predicted octanol–water partition coefficient (Wildman–Crippen LogP) is 4.62. The van der Waals surface area contributed by atoms with Gasteiger partial charge in [-0.05, 0) is 56.1 Å². The molecule has 1 unspecified atom stereocenters. The lowest BCUT2D eigenvalue weighted by molar-refractivity contribution is -0.147. The Kier molecular flexibility index (Phi) is 6.11. The van der Waals surface area contributed by atoms with Gasteiger partial charge in [-0.1, -0.05) is 0 Å². The predicted molar refractivity (Wildman–Crippen MR) is 98.0 cm³/mol. The normalized spacial score (nSPS) is 18.4. The number of hydrogen-bond acceptors (Lipinski definition) is 5. The fourth-order valence-corrected chi connectivity index (χ4v) is 3.59. The molecule has 11 heteroatoms. The van der Waals surface area contributed by atoms with E-state index in [9.17, 15) is 31.4 Å². The van der Waals surface area contributed by atoms with Crippen LogP contribution in [0.5, 0.6) is 5.75 Å². The number of anilines is 1. The summed E-state index contributed by atoms with van der Waals surface area (Å²) in [5.41, 5.74) is -0.455. The lowest BCUT2D eigenvalue weighted by atomic mass is 10.0. The summed E-state index contributed by atoms with van der Waals surface area (Å²) in [6.45, 7) is 1.04. The van der Waals surface area contributed by atoms with Gasteiger partial charge in [0.15, 0.2) is 0 Å². The van der Waals surface area contributed by atoms with Crippen LogP contribution in [0.1, 0.15) is 24.0 Å². The smallest absolute Gasteiger partial charge is 0.416 e. The number of benzene rings is 1. The van der Waals surface area contributed by atoms with Crippen molar-refractivity contribution in [3.8, 4) is 17.0 Å². The van der Waals surface area contributed by atoms with Gasteiger partial charge in [0, 0.05) is 18.2 Å². The molecule has 0 saturated carbocycles. The lowest BCUT2D eigenvalue weighted by Crippen LogP contribution is -2.45. The summed E-state index contributed by atoms with van der Waals surface area (Å²) in [4.78, 5) is 1.33. The Morgan fingerprint density at radius 3 is 2.43 bits per heavy atom. The largest absolute Gasteiger partial charge is 0.507 e. The highest BCUT2D eigenvalue weighted by Crippen LogP contribution is 2.38. The summed E-state index contributed by atoms with van der Waals surface area (Å²) in [6, 6.07) is 4.33. The maximum absolute atomic E-state index is 12.9. The first-order chi connectivity index (χ1) is 13.9. The molecule has 2 aromatic rings. The summed E-state index contributed by atoms with van der Waals surface area (Å²) in [5.74, 6) is -0.228. The molecule has 1 aromatic heterocycles. The molecule has 1 aromatic carbocycles. The first-order valence-electron chi connectivity index (χ1n) is 9.23. The van der Waals surface area contributed by atoms with Crippen molar-refractivity contribution in [3.05, 3.63) is 35.4 Å². The van der Waals surface area contributed by atoms with Crippen LogP contribution in [0.2, 0.25) is 0 Å². The van der Waals surface area contributed by atoms with E-state index in [2.05, 4.69) is 15.5 Å². The van der Waals surface area contributed by atoms with E-state index in [-0.39, 0.29) is 29.4 Å². The number of aromatic nitrogens is 2. The first kappa shape index (κ1) is 22.1. The standard InChI is InChI=1S/C19H20F6N4O/c1-11-7-12(19(23,24)25)8-15(30)17(11)14-4-5-16(28-27-14)26-13-3-2-6-29(9-13)10-18(20,21)22/h4-5,7-8,13,30H,2-3,6,9-10H2,1H3,(H,26,28). The van der Waals surface area contributed by atoms with E-state index >= 15 is 0 Å². The zero-order chi connectivity index (χ0) is 22.1. The van der Waals surface area contributed by atoms with Crippen LogP contribution in [-0.2, 0) is 6.18 Å². The molecular weight excluding hydrogens is 414 g/mol. The summed E-state index contributed by atoms with van der Waals surface area (Å²) in [6.07, 6.45) is -7.56. The Balaban J connectivity index is 1.71. The Bertz CT molecular complexity index is 859. The average Bonchev–Trinajstić information content (AvgIpc) is 2.60. The number of rotatable bonds is 4. The Morgan fingerprint density at radius 2 is 1.87 bits per heavy atom. The summed E-state index contributed by atoms with van der Waals surface area (Å²) in [7, 11) is 0. The molecule has 0 bridgehead atoms. The van der Waals surface area contributed by atoms with Crippen LogP contribution in [0.25, 0.3) is 11.3 Å². The summed E-state index contributed by atoms with van der Waals surface area (Å²) in [5, 5.41) is 21.0. The molecule has 1 saturated heterocycles. The summed E-state index contributed by atoms with van der Waals surface area (Å²) >= 11 is 0. The van der Waals surface area contributed by atoms with E-state index in [4.69, 9.17) is 0 Å². The highest BCUT2D eigenvalue weighted by atomic mass is 19.4. The minimum atomic E-state index is -4.58. The highest BCUT2D eigenvalue weighted by Gasteiger charge is 2.33. The number of hydrogen-bond donors (Lipinski definition) is 2. The number of nitrogens with one attached hydrogen (secondary N) is 1. The van der Waals surface area contributed by atoms with Crippen molar-refractivity contribution < 1.29 is 31.4 Å². The van der Waals surface area contributed by atoms with Crippen molar-refractivity contribution >= 4 is 5.82 Å². The molecule has 2 N–H and O–H groups in total. The molecule has 1 atom stereocenters. The average molecular weight is 434 g/mol. The van der Waals surface area contributed by atoms with Crippen molar-refractivity contribution in [1.29, 1.82) is 0 Å². The first-order valence-corrected chi connectivity index (χ1v) is 9.23. The molecule has 164 valence electrons. The van der Waals surface area contributed by atoms with Crippen LogP contribution in [0.4, 0.5) is 32.2 Å². The Labute approximate surface area is 168 Å². The van der Waals surface area contributed by atoms with Crippen LogP contribution in [0.3, 0.4) is 0 Å². The molecule has 3 rings (SSSR count). The number of aromatic hydroxyl groups is 1. The van der Waals surface area contributed by atoms with Crippen molar-refractivity contribution in [3.63, 3.8) is 0 Å². The number of halogens is 6. The molecule has 0 radical (unpaired) electrons. The SMILES string of the molecule is Cc1cc(C(F)(F)F)cc(O)c1-c1ccc(NC2CCCN(CC(F)(F)F)C2)nn1. The van der Waals surface area contributed by atoms with E-state index in [0.717, 1.165) is 6.07 Å². The van der Waals surface area contributed by atoms with Gasteiger partial charge >= 0.3 is 12.4 Å². The second-order valence-corrected chi connectivity index (χ2v) is 7.32. The van der Waals surface area contributed by atoms with Crippen molar-refractivity contribution in [2.75, 3.05) is 25.0 Å². The number of nitrogens with zero attached hydrogens (tertiary/aromatic N) is 3. The van der Waals surface area contributed by atoms with Gasteiger partial charge < -0.3 is 10.4 Å². The molecular formula is C19H20F6N4O. The molecule has 0 aliphatic carbocycles. The van der Waals surface area contributed by atoms with Crippen molar-refractivity contribution in [1.82, 2.24) is 15.1 Å². The van der Waals surface area contributed by atoms with Gasteiger partial charge in [0.05, 0.1) is 17.8 Å². The van der Waals surface area contributed by atoms with Crippen LogP contribution >= 0.6 is 0 Å². The van der Waals surface area contributed by atoms with Crippen molar-refractivity contribution in [2.24, 2.45) is 0 Å². The van der Waals surface area contributed by atoms with Gasteiger partial charge in [-0.2, -0.15) is 26.3 Å². The fourth-order valence-electron chi connectivity index (χ4n) is 3.59. The lowest BCUT2D eigenvalue weighted by Gasteiger charge is -2.33. The quantitative estimate of drug-likeness (QED) is 0.688. The number of phenolic OH excluding ortho intramolecular Hbond substituents is 1. The van der Waals surface area contributed by atoms with Crippen LogP contribution in [0, 0.1) is 6.92 Å². The van der Waals surface area contributed by atoms with Crippen LogP contribution in [-0.4, -0.2) is 52.1 Å². The van der Waals surface area contributed by atoms with Gasteiger partial charge in [-0.25, -0.2) is 0 Å². The molecule has 30 heavy (non-hydrogen) atoms. The maximum atomic E-state index is 12.9. The van der Waals surface area contributed by atoms with Gasteiger partial charge in [-0.15, -0.1) is 10.2 Å². The van der Waals surface area contributed by atoms with Crippen LogP contribution < -0.4 is 5.32 Å². The van der Waals surface area contributed by atoms with E-state index in [1.165, 1.54) is 24.0 Å². The van der Waals surface area contributed by atoms with Gasteiger partial charge in [-0.3, -0.25) is 4.90 Å². The molecule has 5 nitrogen and oxygen atoms in total. The molecule has 1 fully saturated rings. The monoisotopic (exact) mass is 434 g/mol. The minimum Gasteiger partial charge on any atom is -0.507 e. The van der Waals surface area contributed by atoms with Crippen molar-refractivity contribution in [2.45, 2.75) is 38.2 Å². The number of phenols is 1. The Hall–Kier alpha value is -2.56. The molecule has 1 aliphatic rings. The fraction of sp³-hybridized carbons (Fsp3) is 0.474. The van der Waals surface area contributed by atoms with Gasteiger partial charge in [0.1, 0.15) is 11.6 Å². The van der Waals surface area contributed by atoms with E-state index < -0.39 is 30.2 Å². The minimum absolute atomic E-state index is 0.135. The second-order valence-electron chi connectivity index (χ2n) is 7.32. The Morgan fingerprint density at radius 1 is 1.13 bits per heavy atom. The zero-order valence-electron chi connectivity index (χ0n) is 16.0. The number of alkyl halides is 6. The van der Waals surface area contributed by atoms with Gasteiger partial charge in [0.25, 0.3) is 0 Å². The van der Waals surface area contributed by atoms with E-state index in [0.29, 0.717) is 31.3 Å². The molecule has 1 aliphatic heterocycles. The zero-order valence-corrected chi connectivity index (χ0v) is 16.0. The number of piperidine rings is 1. The molecule has 0 spiro atoms. The molecule has 0 amide bonds. The van der Waals surface area contributed by atoms with E-state index in [1.807, 2.05) is 0 Å². The number of likely N-dealkylation sites (tertiary alicyclic amines) is 1. The number of aryl methyl sites for hydroxylation is 1.